The lowest BCUT2D eigenvalue weighted by molar-refractivity contribution is 0.0999. The van der Waals surface area contributed by atoms with Crippen molar-refractivity contribution in [3.8, 4) is 11.4 Å². The fraction of sp³-hybridized carbons (Fsp3) is 0.0714. The molecule has 2 heterocycles. The Kier molecular flexibility index (Phi) is 3.26. The van der Waals surface area contributed by atoms with Gasteiger partial charge >= 0.3 is 0 Å². The first-order chi connectivity index (χ1) is 10.6. The Morgan fingerprint density at radius 3 is 2.64 bits per heavy atom. The summed E-state index contributed by atoms with van der Waals surface area (Å²) >= 11 is 0. The number of aromatic nitrogens is 5. The van der Waals surface area contributed by atoms with Gasteiger partial charge < -0.3 is 5.73 Å². The maximum absolute atomic E-state index is 12.0. The van der Waals surface area contributed by atoms with Crippen LogP contribution in [0.15, 0.2) is 47.4 Å². The highest BCUT2D eigenvalue weighted by molar-refractivity contribution is 5.92. The molecule has 3 rings (SSSR count). The van der Waals surface area contributed by atoms with Crippen LogP contribution in [0.25, 0.3) is 11.4 Å². The minimum absolute atomic E-state index is 0.253. The Morgan fingerprint density at radius 1 is 1.18 bits per heavy atom. The van der Waals surface area contributed by atoms with Crippen molar-refractivity contribution < 1.29 is 4.79 Å². The number of hydrogen-bond donors (Lipinski definition) is 1. The van der Waals surface area contributed by atoms with Gasteiger partial charge in [-0.05, 0) is 41.6 Å². The number of hydrogen-bond acceptors (Lipinski definition) is 5. The minimum atomic E-state index is -0.596. The first-order valence-electron chi connectivity index (χ1n) is 6.44. The molecule has 110 valence electrons. The highest BCUT2D eigenvalue weighted by Crippen LogP contribution is 2.13. The Morgan fingerprint density at radius 2 is 1.95 bits per heavy atom. The number of nitrogens with two attached hydrogens (primary N) is 1. The van der Waals surface area contributed by atoms with Crippen molar-refractivity contribution in [2.45, 2.75) is 6.92 Å². The second-order valence-corrected chi connectivity index (χ2v) is 4.65. The molecule has 2 aromatic heterocycles. The summed E-state index contributed by atoms with van der Waals surface area (Å²) in [5.41, 5.74) is 6.53. The van der Waals surface area contributed by atoms with E-state index in [2.05, 4.69) is 15.5 Å². The van der Waals surface area contributed by atoms with Gasteiger partial charge in [0.15, 0.2) is 5.82 Å². The van der Waals surface area contributed by atoms with Crippen molar-refractivity contribution in [3.63, 3.8) is 0 Å². The van der Waals surface area contributed by atoms with Crippen molar-refractivity contribution in [2.75, 3.05) is 0 Å². The van der Waals surface area contributed by atoms with E-state index in [4.69, 9.17) is 5.73 Å². The molecular weight excluding hydrogens is 284 g/mol. The van der Waals surface area contributed by atoms with Gasteiger partial charge in [-0.25, -0.2) is 0 Å². The molecule has 0 saturated heterocycles. The van der Waals surface area contributed by atoms with Gasteiger partial charge in [-0.1, -0.05) is 6.07 Å². The van der Waals surface area contributed by atoms with Gasteiger partial charge in [0, 0.05) is 12.3 Å². The van der Waals surface area contributed by atoms with E-state index in [9.17, 15) is 9.59 Å². The molecule has 0 radical (unpaired) electrons. The van der Waals surface area contributed by atoms with Crippen LogP contribution in [0.1, 0.15) is 16.2 Å². The van der Waals surface area contributed by atoms with Crippen LogP contribution in [0.2, 0.25) is 0 Å². The number of aryl methyl sites for hydroxylation is 1. The van der Waals surface area contributed by atoms with Gasteiger partial charge in [-0.2, -0.15) is 4.68 Å². The van der Waals surface area contributed by atoms with Crippen molar-refractivity contribution in [1.29, 1.82) is 0 Å². The first kappa shape index (κ1) is 13.7. The standard InChI is InChI=1S/C14H12N6O2/c1-9-16-17-18-20(9)12-4-2-3-11(7-12)19-8-10(14(15)22)5-6-13(19)21/h2-8H,1H3,(H2,15,22). The number of rotatable bonds is 3. The van der Waals surface area contributed by atoms with E-state index in [0.717, 1.165) is 0 Å². The third-order valence-electron chi connectivity index (χ3n) is 3.17. The van der Waals surface area contributed by atoms with Crippen molar-refractivity contribution >= 4 is 5.91 Å². The topological polar surface area (TPSA) is 109 Å². The van der Waals surface area contributed by atoms with Gasteiger partial charge in [0.2, 0.25) is 5.91 Å². The molecule has 1 aromatic carbocycles. The molecule has 1 amide bonds. The van der Waals surface area contributed by atoms with Crippen LogP contribution >= 0.6 is 0 Å². The van der Waals surface area contributed by atoms with Crippen LogP contribution in [-0.4, -0.2) is 30.7 Å². The number of carbonyl (C=O) groups is 1. The number of tetrazole rings is 1. The number of pyridine rings is 1. The van der Waals surface area contributed by atoms with E-state index in [1.54, 1.807) is 29.8 Å². The van der Waals surface area contributed by atoms with Crippen molar-refractivity contribution in [2.24, 2.45) is 5.73 Å². The molecule has 0 aliphatic rings. The molecule has 0 saturated carbocycles. The maximum atomic E-state index is 12.0. The fourth-order valence-electron chi connectivity index (χ4n) is 2.08. The van der Waals surface area contributed by atoms with E-state index >= 15 is 0 Å². The molecule has 3 aromatic rings. The third kappa shape index (κ3) is 2.37. The Bertz CT molecular complexity index is 911. The minimum Gasteiger partial charge on any atom is -0.366 e. The van der Waals surface area contributed by atoms with Gasteiger partial charge in [0.05, 0.1) is 16.9 Å². The number of amides is 1. The molecular formula is C14H12N6O2. The number of primary amides is 1. The van der Waals surface area contributed by atoms with E-state index in [1.165, 1.54) is 22.9 Å². The zero-order valence-corrected chi connectivity index (χ0v) is 11.7. The summed E-state index contributed by atoms with van der Waals surface area (Å²) in [6.45, 7) is 1.77. The third-order valence-corrected chi connectivity index (χ3v) is 3.17. The predicted molar refractivity (Wildman–Crippen MR) is 78.0 cm³/mol. The predicted octanol–water partition coefficient (Wildman–Crippen LogP) is 0.221. The normalized spacial score (nSPS) is 10.6. The highest BCUT2D eigenvalue weighted by Gasteiger charge is 2.08. The molecule has 8 nitrogen and oxygen atoms in total. The summed E-state index contributed by atoms with van der Waals surface area (Å²) in [7, 11) is 0. The van der Waals surface area contributed by atoms with Crippen molar-refractivity contribution in [1.82, 2.24) is 24.8 Å². The number of carbonyl (C=O) groups excluding carboxylic acids is 1. The second kappa shape index (κ2) is 5.24. The molecule has 0 bridgehead atoms. The second-order valence-electron chi connectivity index (χ2n) is 4.65. The number of nitrogens with zero attached hydrogens (tertiary/aromatic N) is 5. The quantitative estimate of drug-likeness (QED) is 0.743. The summed E-state index contributed by atoms with van der Waals surface area (Å²) in [6.07, 6.45) is 1.41. The summed E-state index contributed by atoms with van der Waals surface area (Å²) in [5, 5.41) is 11.3. The Hall–Kier alpha value is -3.29. The molecule has 0 aliphatic heterocycles. The van der Waals surface area contributed by atoms with Crippen LogP contribution < -0.4 is 11.3 Å². The van der Waals surface area contributed by atoms with E-state index in [0.29, 0.717) is 17.2 Å². The van der Waals surface area contributed by atoms with E-state index < -0.39 is 5.91 Å². The smallest absolute Gasteiger partial charge is 0.255 e. The molecule has 0 atom stereocenters. The highest BCUT2D eigenvalue weighted by atomic mass is 16.1. The largest absolute Gasteiger partial charge is 0.366 e. The van der Waals surface area contributed by atoms with E-state index in [1.807, 2.05) is 6.07 Å². The number of benzene rings is 1. The average molecular weight is 296 g/mol. The van der Waals surface area contributed by atoms with Gasteiger partial charge in [-0.3, -0.25) is 14.2 Å². The van der Waals surface area contributed by atoms with E-state index in [-0.39, 0.29) is 11.1 Å². The molecule has 2 N–H and O–H groups in total. The summed E-state index contributed by atoms with van der Waals surface area (Å²) in [5.74, 6) is 0.0246. The molecule has 0 spiro atoms. The monoisotopic (exact) mass is 296 g/mol. The maximum Gasteiger partial charge on any atom is 0.255 e. The lowest BCUT2D eigenvalue weighted by Crippen LogP contribution is -2.21. The molecule has 8 heteroatoms. The Labute approximate surface area is 124 Å². The molecule has 0 aliphatic carbocycles. The van der Waals surface area contributed by atoms with Crippen LogP contribution in [0.4, 0.5) is 0 Å². The van der Waals surface area contributed by atoms with Gasteiger partial charge in [-0.15, -0.1) is 5.10 Å². The molecule has 0 fully saturated rings. The van der Waals surface area contributed by atoms with Crippen LogP contribution in [0, 0.1) is 6.92 Å². The summed E-state index contributed by atoms with van der Waals surface area (Å²) in [4.78, 5) is 23.3. The summed E-state index contributed by atoms with van der Waals surface area (Å²) < 4.78 is 2.90. The van der Waals surface area contributed by atoms with Crippen LogP contribution in [-0.2, 0) is 0 Å². The lowest BCUT2D eigenvalue weighted by Gasteiger charge is -2.09. The molecule has 22 heavy (non-hydrogen) atoms. The lowest BCUT2D eigenvalue weighted by atomic mass is 10.2. The Balaban J connectivity index is 2.14. The SMILES string of the molecule is Cc1nnnn1-c1cccc(-n2cc(C(N)=O)ccc2=O)c1. The zero-order chi connectivity index (χ0) is 15.7. The van der Waals surface area contributed by atoms with Crippen molar-refractivity contribution in [3.05, 3.63) is 64.3 Å². The zero-order valence-electron chi connectivity index (χ0n) is 11.7. The average Bonchev–Trinajstić information content (AvgIpc) is 2.94. The van der Waals surface area contributed by atoms with Crippen LogP contribution in [0.5, 0.6) is 0 Å². The first-order valence-corrected chi connectivity index (χ1v) is 6.44. The summed E-state index contributed by atoms with van der Waals surface area (Å²) in [6, 6.07) is 9.78. The van der Waals surface area contributed by atoms with Gasteiger partial charge in [0.25, 0.3) is 5.56 Å². The fourth-order valence-corrected chi connectivity index (χ4v) is 2.08. The molecule has 0 unspecified atom stereocenters. The van der Waals surface area contributed by atoms with Gasteiger partial charge in [0.1, 0.15) is 0 Å². The van der Waals surface area contributed by atoms with Crippen LogP contribution in [0.3, 0.4) is 0 Å².